The molecule has 82 valence electrons. The van der Waals surface area contributed by atoms with Crippen LogP contribution in [-0.2, 0) is 9.53 Å². The summed E-state index contributed by atoms with van der Waals surface area (Å²) >= 11 is 0. The normalized spacial score (nSPS) is 13.3. The van der Waals surface area contributed by atoms with Crippen molar-refractivity contribution in [2.75, 3.05) is 7.11 Å². The van der Waals surface area contributed by atoms with Crippen molar-refractivity contribution in [3.63, 3.8) is 0 Å². The summed E-state index contributed by atoms with van der Waals surface area (Å²) in [4.78, 5) is 11.6. The minimum Gasteiger partial charge on any atom is -0.469 e. The van der Waals surface area contributed by atoms with Gasteiger partial charge in [-0.05, 0) is 25.3 Å². The van der Waals surface area contributed by atoms with Crippen LogP contribution < -0.4 is 0 Å². The highest BCUT2D eigenvalue weighted by molar-refractivity contribution is 5.77. The molecule has 15 heavy (non-hydrogen) atoms. The van der Waals surface area contributed by atoms with Gasteiger partial charge in [0.05, 0.1) is 12.5 Å². The second-order valence-electron chi connectivity index (χ2n) is 4.35. The van der Waals surface area contributed by atoms with Gasteiger partial charge in [-0.1, -0.05) is 37.3 Å². The number of esters is 1. The van der Waals surface area contributed by atoms with E-state index in [2.05, 4.69) is 0 Å². The Bertz CT molecular complexity index is 328. The Morgan fingerprint density at radius 2 is 1.80 bits per heavy atom. The fourth-order valence-electron chi connectivity index (χ4n) is 1.60. The van der Waals surface area contributed by atoms with Crippen molar-refractivity contribution in [3.05, 3.63) is 35.9 Å². The van der Waals surface area contributed by atoms with Crippen LogP contribution in [0.15, 0.2) is 30.3 Å². The van der Waals surface area contributed by atoms with Gasteiger partial charge in [0, 0.05) is 0 Å². The smallest absolute Gasteiger partial charge is 0.311 e. The summed E-state index contributed by atoms with van der Waals surface area (Å²) in [5.74, 6) is -0.0231. The zero-order valence-corrected chi connectivity index (χ0v) is 9.78. The number of rotatable bonds is 3. The third-order valence-corrected chi connectivity index (χ3v) is 3.09. The first-order chi connectivity index (χ1) is 7.00. The molecule has 1 unspecified atom stereocenters. The summed E-state index contributed by atoms with van der Waals surface area (Å²) in [5, 5.41) is 0. The van der Waals surface area contributed by atoms with Gasteiger partial charge in [-0.15, -0.1) is 0 Å². The maximum Gasteiger partial charge on any atom is 0.311 e. The Labute approximate surface area is 91.3 Å². The van der Waals surface area contributed by atoms with Crippen molar-refractivity contribution in [2.24, 2.45) is 5.41 Å². The Hall–Kier alpha value is -1.31. The topological polar surface area (TPSA) is 26.3 Å². The molecule has 0 fully saturated rings. The first-order valence-electron chi connectivity index (χ1n) is 5.13. The molecule has 0 amide bonds. The Morgan fingerprint density at radius 1 is 1.27 bits per heavy atom. The standard InChI is InChI=1S/C13H18O2/c1-10(11-8-6-5-7-9-11)13(2,3)12(14)15-4/h5-10H,1-4H3. The lowest BCUT2D eigenvalue weighted by molar-refractivity contribution is -0.151. The molecule has 1 aromatic carbocycles. The molecule has 0 aromatic heterocycles. The average molecular weight is 206 g/mol. The summed E-state index contributed by atoms with van der Waals surface area (Å²) in [6.45, 7) is 5.87. The van der Waals surface area contributed by atoms with E-state index < -0.39 is 5.41 Å². The molecule has 0 bridgehead atoms. The zero-order chi connectivity index (χ0) is 11.5. The maximum absolute atomic E-state index is 11.6. The Kier molecular flexibility index (Phi) is 3.51. The predicted octanol–water partition coefficient (Wildman–Crippen LogP) is 2.99. The molecule has 0 aliphatic heterocycles. The molecule has 1 aromatic rings. The van der Waals surface area contributed by atoms with Gasteiger partial charge in [-0.25, -0.2) is 0 Å². The number of benzene rings is 1. The van der Waals surface area contributed by atoms with Crippen LogP contribution in [-0.4, -0.2) is 13.1 Å². The van der Waals surface area contributed by atoms with E-state index in [1.165, 1.54) is 7.11 Å². The minimum absolute atomic E-state index is 0.145. The van der Waals surface area contributed by atoms with Gasteiger partial charge < -0.3 is 4.74 Å². The summed E-state index contributed by atoms with van der Waals surface area (Å²) in [5.41, 5.74) is 0.670. The summed E-state index contributed by atoms with van der Waals surface area (Å²) < 4.78 is 4.82. The van der Waals surface area contributed by atoms with Gasteiger partial charge in [0.25, 0.3) is 0 Å². The van der Waals surface area contributed by atoms with Crippen molar-refractivity contribution in [3.8, 4) is 0 Å². The lowest BCUT2D eigenvalue weighted by atomic mass is 9.76. The van der Waals surface area contributed by atoms with Gasteiger partial charge in [-0.2, -0.15) is 0 Å². The van der Waals surface area contributed by atoms with E-state index in [0.29, 0.717) is 0 Å². The van der Waals surface area contributed by atoms with Crippen molar-refractivity contribution in [1.82, 2.24) is 0 Å². The fraction of sp³-hybridized carbons (Fsp3) is 0.462. The van der Waals surface area contributed by atoms with Gasteiger partial charge in [0.2, 0.25) is 0 Å². The number of ether oxygens (including phenoxy) is 1. The monoisotopic (exact) mass is 206 g/mol. The van der Waals surface area contributed by atoms with Crippen molar-refractivity contribution in [2.45, 2.75) is 26.7 Å². The second-order valence-corrected chi connectivity index (χ2v) is 4.35. The summed E-state index contributed by atoms with van der Waals surface area (Å²) in [7, 11) is 1.43. The minimum atomic E-state index is -0.490. The van der Waals surface area contributed by atoms with Crippen LogP contribution in [0.3, 0.4) is 0 Å². The molecule has 0 spiro atoms. The highest BCUT2D eigenvalue weighted by Gasteiger charge is 2.35. The molecule has 1 rings (SSSR count). The van der Waals surface area contributed by atoms with Crippen LogP contribution in [0, 0.1) is 5.41 Å². The fourth-order valence-corrected chi connectivity index (χ4v) is 1.60. The molecular weight excluding hydrogens is 188 g/mol. The zero-order valence-electron chi connectivity index (χ0n) is 9.78. The van der Waals surface area contributed by atoms with E-state index in [1.54, 1.807) is 0 Å². The molecule has 1 atom stereocenters. The summed E-state index contributed by atoms with van der Waals surface area (Å²) in [6, 6.07) is 10.0. The number of hydrogen-bond acceptors (Lipinski definition) is 2. The molecule has 0 aliphatic carbocycles. The van der Waals surface area contributed by atoms with E-state index >= 15 is 0 Å². The van der Waals surface area contributed by atoms with Gasteiger partial charge in [-0.3, -0.25) is 4.79 Å². The van der Waals surface area contributed by atoms with Gasteiger partial charge in [0.1, 0.15) is 0 Å². The third-order valence-electron chi connectivity index (χ3n) is 3.09. The highest BCUT2D eigenvalue weighted by Crippen LogP contribution is 2.35. The molecule has 0 saturated heterocycles. The van der Waals surface area contributed by atoms with Crippen LogP contribution in [0.4, 0.5) is 0 Å². The third kappa shape index (κ3) is 2.38. The van der Waals surface area contributed by atoms with Crippen molar-refractivity contribution < 1.29 is 9.53 Å². The molecule has 0 saturated carbocycles. The van der Waals surface area contributed by atoms with Gasteiger partial charge >= 0.3 is 5.97 Å². The first-order valence-corrected chi connectivity index (χ1v) is 5.13. The SMILES string of the molecule is COC(=O)C(C)(C)C(C)c1ccccc1. The van der Waals surface area contributed by atoms with E-state index in [1.807, 2.05) is 51.1 Å². The van der Waals surface area contributed by atoms with Crippen LogP contribution in [0.25, 0.3) is 0 Å². The predicted molar refractivity (Wildman–Crippen MR) is 60.7 cm³/mol. The van der Waals surface area contributed by atoms with E-state index in [-0.39, 0.29) is 11.9 Å². The molecular formula is C13H18O2. The molecule has 0 heterocycles. The number of carbonyl (C=O) groups is 1. The summed E-state index contributed by atoms with van der Waals surface area (Å²) in [6.07, 6.45) is 0. The largest absolute Gasteiger partial charge is 0.469 e. The van der Waals surface area contributed by atoms with Crippen LogP contribution in [0.1, 0.15) is 32.3 Å². The second kappa shape index (κ2) is 4.47. The highest BCUT2D eigenvalue weighted by atomic mass is 16.5. The number of carbonyl (C=O) groups excluding carboxylic acids is 1. The maximum atomic E-state index is 11.6. The lowest BCUT2D eigenvalue weighted by Gasteiger charge is -2.29. The molecule has 2 nitrogen and oxygen atoms in total. The quantitative estimate of drug-likeness (QED) is 0.711. The van der Waals surface area contributed by atoms with Crippen molar-refractivity contribution >= 4 is 5.97 Å². The van der Waals surface area contributed by atoms with Crippen LogP contribution in [0.5, 0.6) is 0 Å². The Balaban J connectivity index is 2.94. The van der Waals surface area contributed by atoms with Crippen LogP contribution in [0.2, 0.25) is 0 Å². The first kappa shape index (κ1) is 11.8. The van der Waals surface area contributed by atoms with E-state index in [0.717, 1.165) is 5.56 Å². The number of methoxy groups -OCH3 is 1. The molecule has 2 heteroatoms. The molecule has 0 radical (unpaired) electrons. The Morgan fingerprint density at radius 3 is 2.27 bits per heavy atom. The molecule has 0 aliphatic rings. The van der Waals surface area contributed by atoms with Crippen molar-refractivity contribution in [1.29, 1.82) is 0 Å². The number of hydrogen-bond donors (Lipinski definition) is 0. The average Bonchev–Trinajstić information content (AvgIpc) is 2.28. The van der Waals surface area contributed by atoms with Crippen LogP contribution >= 0.6 is 0 Å². The van der Waals surface area contributed by atoms with E-state index in [4.69, 9.17) is 4.74 Å². The molecule has 0 N–H and O–H groups in total. The van der Waals surface area contributed by atoms with E-state index in [9.17, 15) is 4.79 Å². The lowest BCUT2D eigenvalue weighted by Crippen LogP contribution is -2.31. The van der Waals surface area contributed by atoms with Gasteiger partial charge in [0.15, 0.2) is 0 Å².